The average molecular weight is 235 g/mol. The Hall–Kier alpha value is -2.44. The van der Waals surface area contributed by atoms with Gasteiger partial charge in [0.05, 0.1) is 12.8 Å². The minimum Gasteiger partial charge on any atom is -0.477 e. The van der Waals surface area contributed by atoms with Crippen molar-refractivity contribution in [1.29, 1.82) is 0 Å². The second kappa shape index (κ2) is 4.20. The number of carboxylic acid groups (broad SMARTS) is 1. The van der Waals surface area contributed by atoms with Gasteiger partial charge < -0.3 is 9.84 Å². The van der Waals surface area contributed by atoms with Crippen LogP contribution in [0.25, 0.3) is 5.65 Å². The van der Waals surface area contributed by atoms with Crippen LogP contribution in [0.4, 0.5) is 0 Å². The second-order valence-corrected chi connectivity index (χ2v) is 3.16. The van der Waals surface area contributed by atoms with E-state index in [-0.39, 0.29) is 23.5 Å². The summed E-state index contributed by atoms with van der Waals surface area (Å²) in [5.74, 6) is -1.74. The predicted octanol–water partition coefficient (Wildman–Crippen LogP) is 0.604. The van der Waals surface area contributed by atoms with Crippen LogP contribution in [0.5, 0.6) is 0 Å². The van der Waals surface area contributed by atoms with Gasteiger partial charge in [-0.15, -0.1) is 0 Å². The molecule has 0 saturated heterocycles. The molecule has 0 aliphatic rings. The lowest BCUT2D eigenvalue weighted by Gasteiger charge is -1.99. The number of carbonyl (C=O) groups is 2. The fourth-order valence-electron chi connectivity index (χ4n) is 1.34. The lowest BCUT2D eigenvalue weighted by atomic mass is 10.3. The number of rotatable bonds is 3. The molecule has 0 spiro atoms. The van der Waals surface area contributed by atoms with E-state index < -0.39 is 11.9 Å². The van der Waals surface area contributed by atoms with Gasteiger partial charge in [-0.2, -0.15) is 5.10 Å². The van der Waals surface area contributed by atoms with E-state index in [0.717, 1.165) is 0 Å². The van der Waals surface area contributed by atoms with Crippen LogP contribution < -0.4 is 0 Å². The molecule has 0 fully saturated rings. The van der Waals surface area contributed by atoms with E-state index in [2.05, 4.69) is 10.1 Å². The van der Waals surface area contributed by atoms with Crippen LogP contribution in [0, 0.1) is 0 Å². The SMILES string of the molecule is CCOC(=O)c1cnn2ccc(C(=O)O)nc12. The third-order valence-electron chi connectivity index (χ3n) is 2.08. The third-order valence-corrected chi connectivity index (χ3v) is 2.08. The fourth-order valence-corrected chi connectivity index (χ4v) is 1.34. The second-order valence-electron chi connectivity index (χ2n) is 3.16. The van der Waals surface area contributed by atoms with E-state index in [1.54, 1.807) is 6.92 Å². The lowest BCUT2D eigenvalue weighted by Crippen LogP contribution is -2.07. The largest absolute Gasteiger partial charge is 0.477 e. The molecule has 0 bridgehead atoms. The van der Waals surface area contributed by atoms with Gasteiger partial charge in [0.2, 0.25) is 0 Å². The quantitative estimate of drug-likeness (QED) is 0.783. The first-order valence-corrected chi connectivity index (χ1v) is 4.88. The highest BCUT2D eigenvalue weighted by atomic mass is 16.5. The monoisotopic (exact) mass is 235 g/mol. The van der Waals surface area contributed by atoms with Gasteiger partial charge in [-0.3, -0.25) is 0 Å². The van der Waals surface area contributed by atoms with Crippen LogP contribution in [-0.2, 0) is 4.74 Å². The van der Waals surface area contributed by atoms with Crippen molar-refractivity contribution < 1.29 is 19.4 Å². The van der Waals surface area contributed by atoms with Crippen molar-refractivity contribution in [2.24, 2.45) is 0 Å². The van der Waals surface area contributed by atoms with Crippen molar-refractivity contribution in [2.45, 2.75) is 6.92 Å². The van der Waals surface area contributed by atoms with E-state index in [1.807, 2.05) is 0 Å². The number of nitrogens with zero attached hydrogens (tertiary/aromatic N) is 3. The number of carboxylic acids is 1. The smallest absolute Gasteiger partial charge is 0.354 e. The highest BCUT2D eigenvalue weighted by Crippen LogP contribution is 2.10. The normalized spacial score (nSPS) is 10.4. The molecule has 17 heavy (non-hydrogen) atoms. The van der Waals surface area contributed by atoms with E-state index in [4.69, 9.17) is 9.84 Å². The number of fused-ring (bicyclic) bond motifs is 1. The predicted molar refractivity (Wildman–Crippen MR) is 55.9 cm³/mol. The molecule has 2 rings (SSSR count). The van der Waals surface area contributed by atoms with E-state index in [9.17, 15) is 9.59 Å². The Labute approximate surface area is 95.6 Å². The Morgan fingerprint density at radius 2 is 2.29 bits per heavy atom. The fraction of sp³-hybridized carbons (Fsp3) is 0.200. The third kappa shape index (κ3) is 1.94. The molecule has 2 heterocycles. The van der Waals surface area contributed by atoms with E-state index in [1.165, 1.54) is 23.0 Å². The number of esters is 1. The number of aromatic carboxylic acids is 1. The van der Waals surface area contributed by atoms with Gasteiger partial charge in [-0.1, -0.05) is 0 Å². The van der Waals surface area contributed by atoms with Crippen LogP contribution in [0.15, 0.2) is 18.5 Å². The number of hydrogen-bond donors (Lipinski definition) is 1. The summed E-state index contributed by atoms with van der Waals surface area (Å²) in [6.07, 6.45) is 2.72. The topological polar surface area (TPSA) is 93.8 Å². The Kier molecular flexibility index (Phi) is 2.73. The summed E-state index contributed by atoms with van der Waals surface area (Å²) in [4.78, 5) is 26.1. The number of carbonyl (C=O) groups excluding carboxylic acids is 1. The molecule has 0 radical (unpaired) electrons. The van der Waals surface area contributed by atoms with Crippen molar-refractivity contribution in [3.63, 3.8) is 0 Å². The van der Waals surface area contributed by atoms with Crippen molar-refractivity contribution in [3.8, 4) is 0 Å². The van der Waals surface area contributed by atoms with Gasteiger partial charge in [0.1, 0.15) is 5.56 Å². The van der Waals surface area contributed by atoms with E-state index in [0.29, 0.717) is 0 Å². The summed E-state index contributed by atoms with van der Waals surface area (Å²) in [7, 11) is 0. The molecule has 0 saturated carbocycles. The average Bonchev–Trinajstić information content (AvgIpc) is 2.71. The first-order chi connectivity index (χ1) is 8.13. The maximum absolute atomic E-state index is 11.5. The van der Waals surface area contributed by atoms with Crippen LogP contribution >= 0.6 is 0 Å². The van der Waals surface area contributed by atoms with Gasteiger partial charge in [-0.05, 0) is 13.0 Å². The van der Waals surface area contributed by atoms with Gasteiger partial charge in [0.15, 0.2) is 11.3 Å². The summed E-state index contributed by atoms with van der Waals surface area (Å²) >= 11 is 0. The molecule has 2 aromatic rings. The summed E-state index contributed by atoms with van der Waals surface area (Å²) < 4.78 is 6.13. The number of ether oxygens (including phenoxy) is 1. The maximum atomic E-state index is 11.5. The van der Waals surface area contributed by atoms with Gasteiger partial charge in [0.25, 0.3) is 0 Å². The molecule has 0 aliphatic heterocycles. The maximum Gasteiger partial charge on any atom is 0.354 e. The zero-order valence-electron chi connectivity index (χ0n) is 8.95. The van der Waals surface area contributed by atoms with Crippen LogP contribution in [0.3, 0.4) is 0 Å². The first kappa shape index (κ1) is 11.1. The summed E-state index contributed by atoms with van der Waals surface area (Å²) in [5.41, 5.74) is 0.168. The van der Waals surface area contributed by atoms with Gasteiger partial charge >= 0.3 is 11.9 Å². The van der Waals surface area contributed by atoms with Crippen molar-refractivity contribution >= 4 is 17.6 Å². The molecule has 0 amide bonds. The van der Waals surface area contributed by atoms with Gasteiger partial charge in [-0.25, -0.2) is 19.1 Å². The highest BCUT2D eigenvalue weighted by molar-refractivity contribution is 5.96. The molecule has 0 unspecified atom stereocenters. The zero-order valence-corrected chi connectivity index (χ0v) is 8.95. The zero-order chi connectivity index (χ0) is 12.4. The van der Waals surface area contributed by atoms with Crippen molar-refractivity contribution in [1.82, 2.24) is 14.6 Å². The highest BCUT2D eigenvalue weighted by Gasteiger charge is 2.16. The summed E-state index contributed by atoms with van der Waals surface area (Å²) in [6, 6.07) is 1.30. The van der Waals surface area contributed by atoms with Crippen LogP contribution in [-0.4, -0.2) is 38.3 Å². The molecule has 7 heteroatoms. The molecule has 1 N–H and O–H groups in total. The minimum atomic E-state index is -1.16. The molecule has 88 valence electrons. The lowest BCUT2D eigenvalue weighted by molar-refractivity contribution is 0.0527. The van der Waals surface area contributed by atoms with Crippen molar-refractivity contribution in [3.05, 3.63) is 29.7 Å². The molecule has 0 atom stereocenters. The minimum absolute atomic E-state index is 0.148. The Morgan fingerprint density at radius 1 is 1.53 bits per heavy atom. The molecule has 7 nitrogen and oxygen atoms in total. The van der Waals surface area contributed by atoms with Crippen LogP contribution in [0.1, 0.15) is 27.8 Å². The number of hydrogen-bond acceptors (Lipinski definition) is 5. The molecule has 0 aromatic carbocycles. The standard InChI is InChI=1S/C10H9N3O4/c1-2-17-10(16)6-5-11-13-4-3-7(9(14)15)12-8(6)13/h3-5H,2H2,1H3,(H,14,15). The Bertz CT molecular complexity index is 590. The van der Waals surface area contributed by atoms with Crippen LogP contribution in [0.2, 0.25) is 0 Å². The Balaban J connectivity index is 2.54. The molecular formula is C10H9N3O4. The summed E-state index contributed by atoms with van der Waals surface area (Å²) in [5, 5.41) is 12.7. The van der Waals surface area contributed by atoms with Crippen molar-refractivity contribution in [2.75, 3.05) is 6.61 Å². The first-order valence-electron chi connectivity index (χ1n) is 4.88. The van der Waals surface area contributed by atoms with Gasteiger partial charge in [0, 0.05) is 6.20 Å². The summed E-state index contributed by atoms with van der Waals surface area (Å²) in [6.45, 7) is 1.91. The molecular weight excluding hydrogens is 226 g/mol. The number of aromatic nitrogens is 3. The Morgan fingerprint density at radius 3 is 2.94 bits per heavy atom. The molecule has 2 aromatic heterocycles. The molecule has 0 aliphatic carbocycles. The van der Waals surface area contributed by atoms with E-state index >= 15 is 0 Å².